The van der Waals surface area contributed by atoms with Crippen LogP contribution < -0.4 is 11.2 Å². The lowest BCUT2D eigenvalue weighted by atomic mass is 10.1. The van der Waals surface area contributed by atoms with Gasteiger partial charge < -0.3 is 14.2 Å². The van der Waals surface area contributed by atoms with Crippen LogP contribution in [0.15, 0.2) is 20.9 Å². The third-order valence-corrected chi connectivity index (χ3v) is 3.67. The molecule has 0 saturated carbocycles. The van der Waals surface area contributed by atoms with Crippen LogP contribution in [0, 0.1) is 6.92 Å². The standard InChI is InChI=1S/C14H17N5O7/c1-6-4-19(14(23)16-12(6)22)13-10(17-18-15)11(25-8(3)21)9(26-13)5-24-7(2)20/h4,9-11,13H,5H2,1-3H3,(H,16,22,23)/t9-,10-,11-,13-/m1/s1. The van der Waals surface area contributed by atoms with Gasteiger partial charge in [0.25, 0.3) is 5.56 Å². The maximum atomic E-state index is 12.1. The first-order valence-corrected chi connectivity index (χ1v) is 7.57. The minimum atomic E-state index is -1.17. The van der Waals surface area contributed by atoms with Crippen molar-refractivity contribution < 1.29 is 23.8 Å². The summed E-state index contributed by atoms with van der Waals surface area (Å²) in [6, 6.07) is -1.12. The van der Waals surface area contributed by atoms with Crippen molar-refractivity contribution in [2.75, 3.05) is 6.61 Å². The van der Waals surface area contributed by atoms with E-state index in [0.29, 0.717) is 0 Å². The first-order valence-electron chi connectivity index (χ1n) is 7.57. The highest BCUT2D eigenvalue weighted by molar-refractivity contribution is 5.66. The Kier molecular flexibility index (Phi) is 5.80. The molecule has 0 amide bonds. The molecule has 0 bridgehead atoms. The third kappa shape index (κ3) is 4.10. The van der Waals surface area contributed by atoms with Crippen LogP contribution in [0.5, 0.6) is 0 Å². The second-order valence-corrected chi connectivity index (χ2v) is 5.62. The van der Waals surface area contributed by atoms with E-state index in [0.717, 1.165) is 11.5 Å². The van der Waals surface area contributed by atoms with Crippen molar-refractivity contribution in [3.8, 4) is 0 Å². The van der Waals surface area contributed by atoms with E-state index >= 15 is 0 Å². The van der Waals surface area contributed by atoms with Gasteiger partial charge in [0.15, 0.2) is 6.23 Å². The van der Waals surface area contributed by atoms with Crippen LogP contribution in [0.1, 0.15) is 25.6 Å². The molecule has 0 aromatic carbocycles. The summed E-state index contributed by atoms with van der Waals surface area (Å²) >= 11 is 0. The van der Waals surface area contributed by atoms with Crippen LogP contribution >= 0.6 is 0 Å². The van der Waals surface area contributed by atoms with Gasteiger partial charge in [-0.3, -0.25) is 23.9 Å². The highest BCUT2D eigenvalue weighted by atomic mass is 16.6. The molecule has 1 fully saturated rings. The number of esters is 2. The Morgan fingerprint density at radius 2 is 2.08 bits per heavy atom. The van der Waals surface area contributed by atoms with Gasteiger partial charge in [-0.05, 0) is 12.5 Å². The first-order chi connectivity index (χ1) is 12.2. The Morgan fingerprint density at radius 1 is 1.38 bits per heavy atom. The zero-order valence-corrected chi connectivity index (χ0v) is 14.2. The van der Waals surface area contributed by atoms with Crippen molar-refractivity contribution in [2.24, 2.45) is 5.11 Å². The minimum Gasteiger partial charge on any atom is -0.463 e. The van der Waals surface area contributed by atoms with Gasteiger partial charge in [0, 0.05) is 30.5 Å². The molecular weight excluding hydrogens is 350 g/mol. The highest BCUT2D eigenvalue weighted by Crippen LogP contribution is 2.33. The molecule has 0 unspecified atom stereocenters. The Hall–Kier alpha value is -3.11. The van der Waals surface area contributed by atoms with Gasteiger partial charge in [-0.1, -0.05) is 5.11 Å². The van der Waals surface area contributed by atoms with Crippen molar-refractivity contribution in [3.05, 3.63) is 43.0 Å². The van der Waals surface area contributed by atoms with Gasteiger partial charge in [-0.2, -0.15) is 0 Å². The van der Waals surface area contributed by atoms with E-state index in [-0.39, 0.29) is 12.2 Å². The maximum absolute atomic E-state index is 12.1. The molecule has 4 atom stereocenters. The fourth-order valence-corrected chi connectivity index (χ4v) is 2.58. The summed E-state index contributed by atoms with van der Waals surface area (Å²) in [5, 5.41) is 3.57. The lowest BCUT2D eigenvalue weighted by molar-refractivity contribution is -0.155. The van der Waals surface area contributed by atoms with E-state index in [2.05, 4.69) is 15.0 Å². The van der Waals surface area contributed by atoms with Crippen LogP contribution in [0.2, 0.25) is 0 Å². The largest absolute Gasteiger partial charge is 0.463 e. The summed E-state index contributed by atoms with van der Waals surface area (Å²) in [6.45, 7) is 3.54. The molecule has 1 saturated heterocycles. The Morgan fingerprint density at radius 3 is 2.65 bits per heavy atom. The molecule has 12 nitrogen and oxygen atoms in total. The molecular formula is C14H17N5O7. The fraction of sp³-hybridized carbons (Fsp3) is 0.571. The van der Waals surface area contributed by atoms with E-state index in [1.54, 1.807) is 0 Å². The number of nitrogens with zero attached hydrogens (tertiary/aromatic N) is 4. The first kappa shape index (κ1) is 19.2. The van der Waals surface area contributed by atoms with Crippen LogP contribution in [-0.4, -0.2) is 46.3 Å². The SMILES string of the molecule is CC(=O)OC[C@H]1O[C@@H](n2cc(C)c(=O)[nH]c2=O)[C@H](N=[N+]=[N-])[C@@H]1OC(C)=O. The molecule has 1 aliphatic rings. The summed E-state index contributed by atoms with van der Waals surface area (Å²) in [6.07, 6.45) is -1.99. The quantitative estimate of drug-likeness (QED) is 0.329. The molecule has 26 heavy (non-hydrogen) atoms. The molecule has 0 spiro atoms. The summed E-state index contributed by atoms with van der Waals surface area (Å²) in [5.41, 5.74) is 7.71. The minimum absolute atomic E-state index is 0.223. The van der Waals surface area contributed by atoms with E-state index in [1.165, 1.54) is 20.0 Å². The fourth-order valence-electron chi connectivity index (χ4n) is 2.58. The monoisotopic (exact) mass is 367 g/mol. The number of nitrogens with one attached hydrogen (secondary N) is 1. The number of carbonyl (C=O) groups excluding carboxylic acids is 2. The van der Waals surface area contributed by atoms with Gasteiger partial charge in [0.2, 0.25) is 0 Å². The number of aryl methyl sites for hydroxylation is 1. The Bertz CT molecular complexity index is 869. The average molecular weight is 367 g/mol. The number of aromatic amines is 1. The molecule has 140 valence electrons. The van der Waals surface area contributed by atoms with E-state index in [4.69, 9.17) is 19.7 Å². The normalized spacial score (nSPS) is 24.6. The highest BCUT2D eigenvalue weighted by Gasteiger charge is 2.48. The van der Waals surface area contributed by atoms with E-state index in [9.17, 15) is 19.2 Å². The van der Waals surface area contributed by atoms with Gasteiger partial charge >= 0.3 is 17.6 Å². The molecule has 2 heterocycles. The molecule has 1 aromatic heterocycles. The topological polar surface area (TPSA) is 165 Å². The number of rotatable bonds is 5. The molecule has 1 N–H and O–H groups in total. The van der Waals surface area contributed by atoms with Crippen LogP contribution in [-0.2, 0) is 23.8 Å². The number of hydrogen-bond donors (Lipinski definition) is 1. The Balaban J connectivity index is 2.47. The lowest BCUT2D eigenvalue weighted by Gasteiger charge is -2.20. The Labute approximate surface area is 146 Å². The second kappa shape index (κ2) is 7.85. The van der Waals surface area contributed by atoms with Crippen LogP contribution in [0.3, 0.4) is 0 Å². The number of aromatic nitrogens is 2. The van der Waals surface area contributed by atoms with Gasteiger partial charge in [-0.25, -0.2) is 4.79 Å². The number of carbonyl (C=O) groups is 2. The molecule has 2 rings (SSSR count). The summed E-state index contributed by atoms with van der Waals surface area (Å²) < 4.78 is 16.7. The number of ether oxygens (including phenoxy) is 3. The van der Waals surface area contributed by atoms with Crippen LogP contribution in [0.4, 0.5) is 0 Å². The van der Waals surface area contributed by atoms with Gasteiger partial charge in [0.1, 0.15) is 24.9 Å². The smallest absolute Gasteiger partial charge is 0.330 e. The van der Waals surface area contributed by atoms with Crippen molar-refractivity contribution in [1.82, 2.24) is 9.55 Å². The summed E-state index contributed by atoms with van der Waals surface area (Å²) in [7, 11) is 0. The summed E-state index contributed by atoms with van der Waals surface area (Å²) in [4.78, 5) is 51.0. The zero-order chi connectivity index (χ0) is 19.4. The van der Waals surface area contributed by atoms with Crippen molar-refractivity contribution in [3.63, 3.8) is 0 Å². The molecule has 0 aliphatic carbocycles. The van der Waals surface area contributed by atoms with E-state index in [1.807, 2.05) is 0 Å². The lowest BCUT2D eigenvalue weighted by Crippen LogP contribution is -2.39. The average Bonchev–Trinajstić information content (AvgIpc) is 2.86. The predicted molar refractivity (Wildman–Crippen MR) is 85.1 cm³/mol. The van der Waals surface area contributed by atoms with Crippen molar-refractivity contribution in [1.29, 1.82) is 0 Å². The number of azide groups is 1. The molecule has 12 heteroatoms. The molecule has 0 radical (unpaired) electrons. The molecule has 1 aromatic rings. The third-order valence-electron chi connectivity index (χ3n) is 3.67. The summed E-state index contributed by atoms with van der Waals surface area (Å²) in [5.74, 6) is -1.26. The molecule has 1 aliphatic heterocycles. The number of hydrogen-bond acceptors (Lipinski definition) is 8. The van der Waals surface area contributed by atoms with Gasteiger partial charge in [0.05, 0.1) is 0 Å². The van der Waals surface area contributed by atoms with Crippen LogP contribution in [0.25, 0.3) is 10.4 Å². The second-order valence-electron chi connectivity index (χ2n) is 5.62. The van der Waals surface area contributed by atoms with Crippen molar-refractivity contribution in [2.45, 2.75) is 45.2 Å². The zero-order valence-electron chi connectivity index (χ0n) is 14.2. The van der Waals surface area contributed by atoms with Gasteiger partial charge in [-0.15, -0.1) is 0 Å². The van der Waals surface area contributed by atoms with Crippen molar-refractivity contribution >= 4 is 11.9 Å². The maximum Gasteiger partial charge on any atom is 0.330 e. The number of H-pyrrole nitrogens is 1. The van der Waals surface area contributed by atoms with E-state index < -0.39 is 47.7 Å². The predicted octanol–water partition coefficient (Wildman–Crippen LogP) is -0.0839.